The number of hydrogen-bond acceptors (Lipinski definition) is 4. The quantitative estimate of drug-likeness (QED) is 0.458. The van der Waals surface area contributed by atoms with E-state index in [0.717, 1.165) is 16.3 Å². The highest BCUT2D eigenvalue weighted by Crippen LogP contribution is 2.30. The van der Waals surface area contributed by atoms with Crippen LogP contribution < -0.4 is 0 Å². The van der Waals surface area contributed by atoms with Crippen molar-refractivity contribution in [1.82, 2.24) is 19.7 Å². The molecule has 0 fully saturated rings. The van der Waals surface area contributed by atoms with E-state index in [1.165, 1.54) is 17.8 Å². The number of halogens is 2. The fourth-order valence-corrected chi connectivity index (χ4v) is 3.89. The summed E-state index contributed by atoms with van der Waals surface area (Å²) in [5, 5.41) is 10.5. The van der Waals surface area contributed by atoms with Crippen molar-refractivity contribution in [2.45, 2.75) is 10.9 Å². The van der Waals surface area contributed by atoms with E-state index in [2.05, 4.69) is 15.2 Å². The Labute approximate surface area is 159 Å². The number of pyridine rings is 1. The molecule has 2 heterocycles. The molecule has 0 N–H and O–H groups in total. The Morgan fingerprint density at radius 2 is 1.92 bits per heavy atom. The van der Waals surface area contributed by atoms with E-state index in [4.69, 9.17) is 11.6 Å². The number of benzene rings is 2. The lowest BCUT2D eigenvalue weighted by Crippen LogP contribution is -1.96. The largest absolute Gasteiger partial charge is 0.305 e. The third-order valence-corrected chi connectivity index (χ3v) is 5.51. The Bertz CT molecular complexity index is 1100. The summed E-state index contributed by atoms with van der Waals surface area (Å²) in [6.07, 6.45) is 1.67. The molecule has 0 radical (unpaired) electrons. The predicted octanol–water partition coefficient (Wildman–Crippen LogP) is 5.12. The molecular weight excluding hydrogens is 371 g/mol. The monoisotopic (exact) mass is 384 g/mol. The molecule has 0 atom stereocenters. The zero-order valence-electron chi connectivity index (χ0n) is 13.9. The first kappa shape index (κ1) is 17.0. The first-order valence-electron chi connectivity index (χ1n) is 7.94. The molecule has 2 aromatic heterocycles. The number of thioether (sulfide) groups is 1. The van der Waals surface area contributed by atoms with Crippen LogP contribution >= 0.6 is 23.4 Å². The zero-order valence-corrected chi connectivity index (χ0v) is 15.4. The Hall–Kier alpha value is -2.44. The summed E-state index contributed by atoms with van der Waals surface area (Å²) in [6, 6.07) is 14.3. The van der Waals surface area contributed by atoms with Crippen LogP contribution in [-0.4, -0.2) is 19.7 Å². The maximum Gasteiger partial charge on any atom is 0.191 e. The number of aromatic nitrogens is 4. The van der Waals surface area contributed by atoms with Crippen molar-refractivity contribution in [3.05, 3.63) is 71.1 Å². The van der Waals surface area contributed by atoms with Gasteiger partial charge in [-0.1, -0.05) is 41.6 Å². The summed E-state index contributed by atoms with van der Waals surface area (Å²) in [5.41, 5.74) is 2.47. The lowest BCUT2D eigenvalue weighted by atomic mass is 10.1. The molecule has 130 valence electrons. The van der Waals surface area contributed by atoms with Crippen molar-refractivity contribution in [3.8, 4) is 11.4 Å². The van der Waals surface area contributed by atoms with Crippen molar-refractivity contribution >= 4 is 34.3 Å². The molecule has 0 aliphatic rings. The molecule has 26 heavy (non-hydrogen) atoms. The van der Waals surface area contributed by atoms with E-state index in [1.807, 2.05) is 35.9 Å². The van der Waals surface area contributed by atoms with E-state index in [1.54, 1.807) is 24.4 Å². The summed E-state index contributed by atoms with van der Waals surface area (Å²) in [4.78, 5) is 4.33. The molecule has 0 spiro atoms. The van der Waals surface area contributed by atoms with Crippen molar-refractivity contribution in [2.75, 3.05) is 0 Å². The third kappa shape index (κ3) is 3.06. The molecule has 0 saturated carbocycles. The summed E-state index contributed by atoms with van der Waals surface area (Å²) in [6.45, 7) is 0. The predicted molar refractivity (Wildman–Crippen MR) is 103 cm³/mol. The lowest BCUT2D eigenvalue weighted by molar-refractivity contribution is 0.639. The average molecular weight is 385 g/mol. The molecule has 4 nitrogen and oxygen atoms in total. The Balaban J connectivity index is 1.62. The van der Waals surface area contributed by atoms with Crippen LogP contribution in [0.2, 0.25) is 5.02 Å². The van der Waals surface area contributed by atoms with E-state index in [0.29, 0.717) is 27.5 Å². The molecule has 0 saturated heterocycles. The normalized spacial score (nSPS) is 11.2. The van der Waals surface area contributed by atoms with Crippen LogP contribution in [0.4, 0.5) is 4.39 Å². The molecule has 4 aromatic rings. The van der Waals surface area contributed by atoms with E-state index < -0.39 is 0 Å². The summed E-state index contributed by atoms with van der Waals surface area (Å²) in [7, 11) is 1.90. The second-order valence-corrected chi connectivity index (χ2v) is 7.09. The van der Waals surface area contributed by atoms with Gasteiger partial charge in [0.05, 0.1) is 10.5 Å². The topological polar surface area (TPSA) is 43.6 Å². The highest BCUT2D eigenvalue weighted by Gasteiger charge is 2.14. The van der Waals surface area contributed by atoms with Gasteiger partial charge in [0.2, 0.25) is 0 Å². The van der Waals surface area contributed by atoms with E-state index in [-0.39, 0.29) is 5.82 Å². The van der Waals surface area contributed by atoms with Gasteiger partial charge in [0, 0.05) is 29.9 Å². The molecule has 0 amide bonds. The molecule has 0 aliphatic carbocycles. The van der Waals surface area contributed by atoms with Gasteiger partial charge in [0.15, 0.2) is 11.0 Å². The van der Waals surface area contributed by atoms with Crippen LogP contribution in [0.1, 0.15) is 5.56 Å². The summed E-state index contributed by atoms with van der Waals surface area (Å²) < 4.78 is 15.8. The van der Waals surface area contributed by atoms with Gasteiger partial charge in [0.25, 0.3) is 0 Å². The Kier molecular flexibility index (Phi) is 4.61. The molecule has 7 heteroatoms. The second-order valence-electron chi connectivity index (χ2n) is 5.74. The highest BCUT2D eigenvalue weighted by atomic mass is 35.5. The van der Waals surface area contributed by atoms with Crippen molar-refractivity contribution in [1.29, 1.82) is 0 Å². The smallest absolute Gasteiger partial charge is 0.191 e. The third-order valence-electron chi connectivity index (χ3n) is 4.11. The fraction of sp³-hybridized carbons (Fsp3) is 0.105. The van der Waals surface area contributed by atoms with Crippen LogP contribution in [0.3, 0.4) is 0 Å². The maximum atomic E-state index is 13.9. The maximum absolute atomic E-state index is 13.9. The first-order chi connectivity index (χ1) is 12.6. The molecule has 2 aromatic carbocycles. The van der Waals surface area contributed by atoms with Crippen LogP contribution in [0.15, 0.2) is 59.9 Å². The Morgan fingerprint density at radius 3 is 2.77 bits per heavy atom. The van der Waals surface area contributed by atoms with Crippen molar-refractivity contribution in [3.63, 3.8) is 0 Å². The van der Waals surface area contributed by atoms with Gasteiger partial charge < -0.3 is 4.57 Å². The number of nitrogens with zero attached hydrogens (tertiary/aromatic N) is 4. The van der Waals surface area contributed by atoms with E-state index in [9.17, 15) is 4.39 Å². The minimum atomic E-state index is -0.262. The summed E-state index contributed by atoms with van der Waals surface area (Å²) in [5.74, 6) is 1.06. The minimum absolute atomic E-state index is 0.262. The lowest BCUT2D eigenvalue weighted by Gasteiger charge is -2.07. The van der Waals surface area contributed by atoms with Gasteiger partial charge in [-0.2, -0.15) is 0 Å². The molecule has 0 bridgehead atoms. The molecule has 4 rings (SSSR count). The van der Waals surface area contributed by atoms with Gasteiger partial charge in [-0.25, -0.2) is 4.39 Å². The molecule has 0 unspecified atom stereocenters. The van der Waals surface area contributed by atoms with Crippen molar-refractivity contribution in [2.24, 2.45) is 7.05 Å². The zero-order chi connectivity index (χ0) is 18.1. The van der Waals surface area contributed by atoms with Gasteiger partial charge >= 0.3 is 0 Å². The standard InChI is InChI=1S/C19H14ClFN4S/c1-25-18(13-5-2-3-7-15(13)20)23-24-19(25)26-11-12-8-9-16(21)14-6-4-10-22-17(12)14/h2-10H,11H2,1H3. The number of hydrogen-bond donors (Lipinski definition) is 0. The molecule has 0 aliphatic heterocycles. The van der Waals surface area contributed by atoms with Crippen LogP contribution in [0.25, 0.3) is 22.3 Å². The number of fused-ring (bicyclic) bond motifs is 1. The first-order valence-corrected chi connectivity index (χ1v) is 9.30. The summed E-state index contributed by atoms with van der Waals surface area (Å²) >= 11 is 7.79. The number of rotatable bonds is 4. The van der Waals surface area contributed by atoms with E-state index >= 15 is 0 Å². The van der Waals surface area contributed by atoms with Crippen LogP contribution in [0.5, 0.6) is 0 Å². The van der Waals surface area contributed by atoms with Gasteiger partial charge in [0.1, 0.15) is 5.82 Å². The second kappa shape index (κ2) is 7.05. The highest BCUT2D eigenvalue weighted by molar-refractivity contribution is 7.98. The fourth-order valence-electron chi connectivity index (χ4n) is 2.77. The van der Waals surface area contributed by atoms with Gasteiger partial charge in [-0.15, -0.1) is 10.2 Å². The van der Waals surface area contributed by atoms with Crippen LogP contribution in [0, 0.1) is 5.82 Å². The minimum Gasteiger partial charge on any atom is -0.305 e. The average Bonchev–Trinajstić information content (AvgIpc) is 3.02. The van der Waals surface area contributed by atoms with Crippen molar-refractivity contribution < 1.29 is 4.39 Å². The van der Waals surface area contributed by atoms with Gasteiger partial charge in [-0.3, -0.25) is 4.98 Å². The van der Waals surface area contributed by atoms with Gasteiger partial charge in [-0.05, 0) is 35.9 Å². The SMILES string of the molecule is Cn1c(SCc2ccc(F)c3cccnc23)nnc1-c1ccccc1Cl. The molecular formula is C19H14ClFN4S. The Morgan fingerprint density at radius 1 is 1.08 bits per heavy atom. The van der Waals surface area contributed by atoms with Crippen LogP contribution in [-0.2, 0) is 12.8 Å².